The van der Waals surface area contributed by atoms with Crippen LogP contribution < -0.4 is 15.6 Å². The number of para-hydroxylation sites is 1. The molecule has 1 aliphatic heterocycles. The van der Waals surface area contributed by atoms with Gasteiger partial charge in [0.25, 0.3) is 5.91 Å². The SMILES string of the molecule is CN1CCN(c2ccc3c(=O)c(C(=O)NCc4ccc(Cl)cc4)c4sc5ccccc5n4c3n2)CC1. The van der Waals surface area contributed by atoms with Crippen molar-refractivity contribution in [1.82, 2.24) is 19.6 Å². The van der Waals surface area contributed by atoms with Gasteiger partial charge in [-0.2, -0.15) is 0 Å². The number of pyridine rings is 2. The third kappa shape index (κ3) is 4.01. The molecule has 0 atom stereocenters. The fourth-order valence-electron chi connectivity index (χ4n) is 4.66. The van der Waals surface area contributed by atoms with Gasteiger partial charge in [0, 0.05) is 37.7 Å². The van der Waals surface area contributed by atoms with Gasteiger partial charge in [0.1, 0.15) is 16.2 Å². The van der Waals surface area contributed by atoms with Gasteiger partial charge >= 0.3 is 0 Å². The molecule has 6 rings (SSSR count). The highest BCUT2D eigenvalue weighted by Crippen LogP contribution is 2.31. The molecule has 1 aliphatic rings. The molecule has 36 heavy (non-hydrogen) atoms. The molecular formula is C27H24ClN5O2S. The van der Waals surface area contributed by atoms with E-state index >= 15 is 0 Å². The highest BCUT2D eigenvalue weighted by atomic mass is 35.5. The van der Waals surface area contributed by atoms with E-state index in [1.807, 2.05) is 52.9 Å². The van der Waals surface area contributed by atoms with Crippen LogP contribution in [0.4, 0.5) is 5.82 Å². The van der Waals surface area contributed by atoms with E-state index in [0.29, 0.717) is 27.4 Å². The van der Waals surface area contributed by atoms with Crippen LogP contribution >= 0.6 is 22.9 Å². The van der Waals surface area contributed by atoms with Crippen molar-refractivity contribution in [2.75, 3.05) is 38.1 Å². The van der Waals surface area contributed by atoms with E-state index in [4.69, 9.17) is 16.6 Å². The molecule has 0 spiro atoms. The van der Waals surface area contributed by atoms with Gasteiger partial charge in [-0.1, -0.05) is 35.9 Å². The number of piperazine rings is 1. The Morgan fingerprint density at radius 1 is 1.03 bits per heavy atom. The van der Waals surface area contributed by atoms with Crippen LogP contribution in [0.5, 0.6) is 0 Å². The first-order valence-electron chi connectivity index (χ1n) is 11.8. The van der Waals surface area contributed by atoms with Crippen molar-refractivity contribution in [1.29, 1.82) is 0 Å². The largest absolute Gasteiger partial charge is 0.354 e. The molecule has 1 N–H and O–H groups in total. The Bertz CT molecular complexity index is 1670. The maximum Gasteiger partial charge on any atom is 0.258 e. The Labute approximate surface area is 216 Å². The number of hydrogen-bond donors (Lipinski definition) is 1. The average Bonchev–Trinajstić information content (AvgIpc) is 3.28. The molecule has 3 aromatic heterocycles. The van der Waals surface area contributed by atoms with Gasteiger partial charge in [-0.05, 0) is 49.0 Å². The first kappa shape index (κ1) is 23.0. The normalized spacial score (nSPS) is 14.7. The van der Waals surface area contributed by atoms with E-state index in [0.717, 1.165) is 47.8 Å². The number of thiazole rings is 1. The summed E-state index contributed by atoms with van der Waals surface area (Å²) in [5, 5.41) is 3.99. The number of benzene rings is 2. The van der Waals surface area contributed by atoms with Crippen molar-refractivity contribution in [3.05, 3.63) is 87.0 Å². The van der Waals surface area contributed by atoms with Gasteiger partial charge in [0.05, 0.1) is 15.6 Å². The predicted molar refractivity (Wildman–Crippen MR) is 147 cm³/mol. The van der Waals surface area contributed by atoms with Crippen LogP contribution in [0.3, 0.4) is 0 Å². The molecule has 5 aromatic rings. The lowest BCUT2D eigenvalue weighted by atomic mass is 10.1. The van der Waals surface area contributed by atoms with Crippen LogP contribution in [0.15, 0.2) is 65.5 Å². The molecular weight excluding hydrogens is 494 g/mol. The Morgan fingerprint density at radius 2 is 1.78 bits per heavy atom. The zero-order chi connectivity index (χ0) is 24.8. The summed E-state index contributed by atoms with van der Waals surface area (Å²) in [6, 6.07) is 18.9. The molecule has 9 heteroatoms. The second-order valence-electron chi connectivity index (χ2n) is 9.05. The summed E-state index contributed by atoms with van der Waals surface area (Å²) >= 11 is 7.41. The van der Waals surface area contributed by atoms with Crippen molar-refractivity contribution >= 4 is 60.7 Å². The van der Waals surface area contributed by atoms with Crippen LogP contribution in [0, 0.1) is 0 Å². The highest BCUT2D eigenvalue weighted by molar-refractivity contribution is 7.24. The fraction of sp³-hybridized carbons (Fsp3) is 0.222. The van der Waals surface area contributed by atoms with Crippen molar-refractivity contribution < 1.29 is 4.79 Å². The van der Waals surface area contributed by atoms with E-state index in [1.54, 1.807) is 12.1 Å². The molecule has 0 bridgehead atoms. The first-order valence-corrected chi connectivity index (χ1v) is 13.0. The number of aromatic nitrogens is 2. The zero-order valence-corrected chi connectivity index (χ0v) is 21.3. The quantitative estimate of drug-likeness (QED) is 0.383. The molecule has 0 aliphatic carbocycles. The number of anilines is 1. The number of halogens is 1. The van der Waals surface area contributed by atoms with Gasteiger partial charge in [-0.25, -0.2) is 4.98 Å². The van der Waals surface area contributed by atoms with Gasteiger partial charge < -0.3 is 15.1 Å². The van der Waals surface area contributed by atoms with Crippen LogP contribution in [0.2, 0.25) is 5.02 Å². The molecule has 1 fully saturated rings. The average molecular weight is 518 g/mol. The summed E-state index contributed by atoms with van der Waals surface area (Å²) in [4.78, 5) is 37.2. The Hall–Kier alpha value is -3.46. The van der Waals surface area contributed by atoms with E-state index in [-0.39, 0.29) is 11.0 Å². The zero-order valence-electron chi connectivity index (χ0n) is 19.7. The van der Waals surface area contributed by atoms with Gasteiger partial charge in [-0.15, -0.1) is 11.3 Å². The van der Waals surface area contributed by atoms with E-state index < -0.39 is 5.91 Å². The maximum atomic E-state index is 13.7. The Morgan fingerprint density at radius 3 is 2.56 bits per heavy atom. The Balaban J connectivity index is 1.49. The standard InChI is InChI=1S/C27H24ClN5O2S/c1-31-12-14-32(15-13-31)22-11-10-19-24(34)23(26(35)29-16-17-6-8-18(28)9-7-17)27-33(25(19)30-22)20-4-2-3-5-21(20)36-27/h2-11H,12-16H2,1H3,(H,29,35). The Kier molecular flexibility index (Phi) is 5.87. The van der Waals surface area contributed by atoms with Crippen LogP contribution in [-0.2, 0) is 6.54 Å². The number of nitrogens with one attached hydrogen (secondary N) is 1. The summed E-state index contributed by atoms with van der Waals surface area (Å²) in [7, 11) is 2.12. The van der Waals surface area contributed by atoms with Crippen molar-refractivity contribution in [3.8, 4) is 0 Å². The molecule has 0 unspecified atom stereocenters. The minimum Gasteiger partial charge on any atom is -0.354 e. The predicted octanol–water partition coefficient (Wildman–Crippen LogP) is 4.40. The first-order chi connectivity index (χ1) is 17.5. The van der Waals surface area contributed by atoms with Gasteiger partial charge in [0.2, 0.25) is 5.43 Å². The van der Waals surface area contributed by atoms with E-state index in [2.05, 4.69) is 22.2 Å². The lowest BCUT2D eigenvalue weighted by Crippen LogP contribution is -2.44. The van der Waals surface area contributed by atoms with Gasteiger partial charge in [-0.3, -0.25) is 14.0 Å². The smallest absolute Gasteiger partial charge is 0.258 e. The van der Waals surface area contributed by atoms with Crippen LogP contribution in [0.25, 0.3) is 26.1 Å². The number of fused-ring (bicyclic) bond motifs is 5. The van der Waals surface area contributed by atoms with E-state index in [1.165, 1.54) is 11.3 Å². The van der Waals surface area contributed by atoms with Crippen molar-refractivity contribution in [2.45, 2.75) is 6.54 Å². The lowest BCUT2D eigenvalue weighted by molar-refractivity contribution is 0.0951. The number of nitrogens with zero attached hydrogens (tertiary/aromatic N) is 4. The third-order valence-electron chi connectivity index (χ3n) is 6.69. The van der Waals surface area contributed by atoms with E-state index in [9.17, 15) is 9.59 Å². The second kappa shape index (κ2) is 9.20. The fourth-order valence-corrected chi connectivity index (χ4v) is 5.97. The molecule has 7 nitrogen and oxygen atoms in total. The number of likely N-dealkylation sites (N-methyl/N-ethyl adjacent to an activating group) is 1. The number of amides is 1. The molecule has 182 valence electrons. The molecule has 4 heterocycles. The monoisotopic (exact) mass is 517 g/mol. The topological polar surface area (TPSA) is 70.0 Å². The second-order valence-corrected chi connectivity index (χ2v) is 10.5. The van der Waals surface area contributed by atoms with Crippen LogP contribution in [0.1, 0.15) is 15.9 Å². The summed E-state index contributed by atoms with van der Waals surface area (Å²) in [5.41, 5.74) is 2.25. The maximum absolute atomic E-state index is 13.7. The summed E-state index contributed by atoms with van der Waals surface area (Å²) in [6.07, 6.45) is 0. The summed E-state index contributed by atoms with van der Waals surface area (Å²) < 4.78 is 2.95. The van der Waals surface area contributed by atoms with Crippen molar-refractivity contribution in [2.24, 2.45) is 0 Å². The number of hydrogen-bond acceptors (Lipinski definition) is 6. The third-order valence-corrected chi connectivity index (χ3v) is 8.09. The lowest BCUT2D eigenvalue weighted by Gasteiger charge is -2.33. The van der Waals surface area contributed by atoms with Gasteiger partial charge in [0.15, 0.2) is 5.65 Å². The molecule has 1 saturated heterocycles. The number of rotatable bonds is 4. The molecule has 0 saturated carbocycles. The number of carbonyl (C=O) groups is 1. The summed E-state index contributed by atoms with van der Waals surface area (Å²) in [6.45, 7) is 3.97. The minimum absolute atomic E-state index is 0.145. The van der Waals surface area contributed by atoms with Crippen LogP contribution in [-0.4, -0.2) is 53.4 Å². The molecule has 2 aromatic carbocycles. The summed E-state index contributed by atoms with van der Waals surface area (Å²) in [5.74, 6) is 0.447. The highest BCUT2D eigenvalue weighted by Gasteiger charge is 2.24. The molecule has 1 amide bonds. The van der Waals surface area contributed by atoms with Crippen molar-refractivity contribution in [3.63, 3.8) is 0 Å². The minimum atomic E-state index is -0.399. The molecule has 0 radical (unpaired) electrons. The number of carbonyl (C=O) groups excluding carboxylic acids is 1.